The molecule has 1 heterocycles. The van der Waals surface area contributed by atoms with Gasteiger partial charge < -0.3 is 10.2 Å². The van der Waals surface area contributed by atoms with Crippen molar-refractivity contribution in [3.63, 3.8) is 0 Å². The lowest BCUT2D eigenvalue weighted by molar-refractivity contribution is 0.171. The lowest BCUT2D eigenvalue weighted by Gasteiger charge is -2.33. The summed E-state index contributed by atoms with van der Waals surface area (Å²) in [4.78, 5) is 2.50. The van der Waals surface area contributed by atoms with E-state index in [1.54, 1.807) is 0 Å². The van der Waals surface area contributed by atoms with Crippen molar-refractivity contribution in [2.45, 2.75) is 59.5 Å². The highest BCUT2D eigenvalue weighted by molar-refractivity contribution is 4.85. The van der Waals surface area contributed by atoms with Crippen LogP contribution in [-0.4, -0.2) is 37.1 Å². The number of rotatable bonds is 2. The van der Waals surface area contributed by atoms with Crippen LogP contribution in [0, 0.1) is 11.3 Å². The molecule has 0 aliphatic carbocycles. The molecular weight excluding hydrogens is 196 g/mol. The first kappa shape index (κ1) is 14.0. The van der Waals surface area contributed by atoms with Crippen LogP contribution in [0.3, 0.4) is 0 Å². The maximum atomic E-state index is 3.72. The van der Waals surface area contributed by atoms with Crippen LogP contribution >= 0.6 is 0 Å². The van der Waals surface area contributed by atoms with Crippen LogP contribution in [0.15, 0.2) is 0 Å². The second kappa shape index (κ2) is 5.50. The van der Waals surface area contributed by atoms with Gasteiger partial charge in [-0.2, -0.15) is 0 Å². The molecule has 96 valence electrons. The van der Waals surface area contributed by atoms with Gasteiger partial charge in [0.1, 0.15) is 0 Å². The zero-order chi connectivity index (χ0) is 12.3. The van der Waals surface area contributed by atoms with Gasteiger partial charge in [0.25, 0.3) is 0 Å². The minimum Gasteiger partial charge on any atom is -0.312 e. The minimum atomic E-state index is 0.426. The van der Waals surface area contributed by atoms with E-state index in [0.29, 0.717) is 17.5 Å². The number of nitrogens with zero attached hydrogens (tertiary/aromatic N) is 1. The van der Waals surface area contributed by atoms with E-state index < -0.39 is 0 Å². The van der Waals surface area contributed by atoms with Crippen LogP contribution < -0.4 is 5.32 Å². The van der Waals surface area contributed by atoms with Crippen molar-refractivity contribution in [2.75, 3.05) is 20.1 Å². The lowest BCUT2D eigenvalue weighted by atomic mass is 9.77. The molecule has 0 amide bonds. The number of likely N-dealkylation sites (tertiary alicyclic amines) is 1. The fraction of sp³-hybridized carbons (Fsp3) is 1.00. The summed E-state index contributed by atoms with van der Waals surface area (Å²) in [6.45, 7) is 14.1. The van der Waals surface area contributed by atoms with E-state index >= 15 is 0 Å². The Balaban J connectivity index is 2.63. The molecule has 0 bridgehead atoms. The number of nitrogens with one attached hydrogen (secondary N) is 1. The molecule has 2 heteroatoms. The summed E-state index contributed by atoms with van der Waals surface area (Å²) >= 11 is 0. The van der Waals surface area contributed by atoms with E-state index in [-0.39, 0.29) is 0 Å². The Labute approximate surface area is 102 Å². The van der Waals surface area contributed by atoms with Gasteiger partial charge in [0, 0.05) is 18.6 Å². The molecule has 16 heavy (non-hydrogen) atoms. The predicted octanol–water partition coefficient (Wildman–Crippen LogP) is 2.74. The summed E-state index contributed by atoms with van der Waals surface area (Å²) in [5, 5.41) is 3.72. The molecule has 0 aromatic carbocycles. The molecule has 1 rings (SSSR count). The average Bonchev–Trinajstić information content (AvgIpc) is 2.26. The van der Waals surface area contributed by atoms with Gasteiger partial charge in [-0.15, -0.1) is 0 Å². The molecule has 1 aliphatic rings. The zero-order valence-electron chi connectivity index (χ0n) is 12.0. The molecule has 2 unspecified atom stereocenters. The number of hydrogen-bond acceptors (Lipinski definition) is 2. The second-order valence-electron chi connectivity index (χ2n) is 6.87. The van der Waals surface area contributed by atoms with Gasteiger partial charge in [0.2, 0.25) is 0 Å². The number of hydrogen-bond donors (Lipinski definition) is 1. The third-order valence-corrected chi connectivity index (χ3v) is 3.75. The topological polar surface area (TPSA) is 15.3 Å². The predicted molar refractivity (Wildman–Crippen MR) is 71.7 cm³/mol. The third kappa shape index (κ3) is 4.42. The highest BCUT2D eigenvalue weighted by Crippen LogP contribution is 2.32. The van der Waals surface area contributed by atoms with Gasteiger partial charge in [-0.1, -0.05) is 34.6 Å². The first-order chi connectivity index (χ1) is 7.29. The molecule has 2 nitrogen and oxygen atoms in total. The summed E-state index contributed by atoms with van der Waals surface area (Å²) in [5.74, 6) is 0.802. The Kier molecular flexibility index (Phi) is 4.81. The van der Waals surface area contributed by atoms with E-state index in [0.717, 1.165) is 5.92 Å². The summed E-state index contributed by atoms with van der Waals surface area (Å²) in [5.41, 5.74) is 0.426. The summed E-state index contributed by atoms with van der Waals surface area (Å²) < 4.78 is 0. The molecule has 1 N–H and O–H groups in total. The Morgan fingerprint density at radius 1 is 1.25 bits per heavy atom. The van der Waals surface area contributed by atoms with Crippen molar-refractivity contribution in [1.82, 2.24) is 10.2 Å². The van der Waals surface area contributed by atoms with E-state index in [9.17, 15) is 0 Å². The van der Waals surface area contributed by atoms with Crippen LogP contribution in [0.1, 0.15) is 47.5 Å². The fourth-order valence-corrected chi connectivity index (χ4v) is 2.63. The molecule has 1 fully saturated rings. The molecule has 0 saturated carbocycles. The largest absolute Gasteiger partial charge is 0.312 e. The Hall–Kier alpha value is -0.0800. The Morgan fingerprint density at radius 2 is 1.88 bits per heavy atom. The van der Waals surface area contributed by atoms with E-state index in [4.69, 9.17) is 0 Å². The van der Waals surface area contributed by atoms with Crippen molar-refractivity contribution in [1.29, 1.82) is 0 Å². The summed E-state index contributed by atoms with van der Waals surface area (Å²) in [7, 11) is 2.26. The highest BCUT2D eigenvalue weighted by atomic mass is 15.1. The Morgan fingerprint density at radius 3 is 2.38 bits per heavy atom. The van der Waals surface area contributed by atoms with Gasteiger partial charge in [-0.25, -0.2) is 0 Å². The first-order valence-electron chi connectivity index (χ1n) is 6.73. The van der Waals surface area contributed by atoms with Crippen LogP contribution in [0.4, 0.5) is 0 Å². The SMILES string of the molecule is CC(C)NC1CCN(C)CC(C(C)(C)C)C1. The van der Waals surface area contributed by atoms with Gasteiger partial charge in [0.05, 0.1) is 0 Å². The molecule has 0 radical (unpaired) electrons. The van der Waals surface area contributed by atoms with Crippen LogP contribution in [0.2, 0.25) is 0 Å². The van der Waals surface area contributed by atoms with Crippen LogP contribution in [0.25, 0.3) is 0 Å². The Bertz CT molecular complexity index is 205. The van der Waals surface area contributed by atoms with Crippen LogP contribution in [0.5, 0.6) is 0 Å². The summed E-state index contributed by atoms with van der Waals surface area (Å²) in [6, 6.07) is 1.31. The molecule has 0 aromatic heterocycles. The van der Waals surface area contributed by atoms with E-state index in [2.05, 4.69) is 51.9 Å². The van der Waals surface area contributed by atoms with Gasteiger partial charge >= 0.3 is 0 Å². The highest BCUT2D eigenvalue weighted by Gasteiger charge is 2.30. The van der Waals surface area contributed by atoms with Crippen molar-refractivity contribution in [3.05, 3.63) is 0 Å². The van der Waals surface area contributed by atoms with Crippen molar-refractivity contribution >= 4 is 0 Å². The average molecular weight is 226 g/mol. The van der Waals surface area contributed by atoms with Gasteiger partial charge in [-0.3, -0.25) is 0 Å². The minimum absolute atomic E-state index is 0.426. The standard InChI is InChI=1S/C14H30N2/c1-11(2)15-13-7-8-16(6)10-12(9-13)14(3,4)5/h11-13,15H,7-10H2,1-6H3. The van der Waals surface area contributed by atoms with Crippen molar-refractivity contribution in [3.8, 4) is 0 Å². The zero-order valence-corrected chi connectivity index (χ0v) is 12.0. The van der Waals surface area contributed by atoms with Gasteiger partial charge in [0.15, 0.2) is 0 Å². The molecular formula is C14H30N2. The smallest absolute Gasteiger partial charge is 0.00849 e. The first-order valence-corrected chi connectivity index (χ1v) is 6.73. The molecule has 2 atom stereocenters. The maximum absolute atomic E-state index is 3.72. The lowest BCUT2D eigenvalue weighted by Crippen LogP contribution is -2.38. The maximum Gasteiger partial charge on any atom is 0.00849 e. The molecule has 0 spiro atoms. The molecule has 1 aliphatic heterocycles. The van der Waals surface area contributed by atoms with E-state index in [1.807, 2.05) is 0 Å². The monoisotopic (exact) mass is 226 g/mol. The van der Waals surface area contributed by atoms with Crippen molar-refractivity contribution in [2.24, 2.45) is 11.3 Å². The molecule has 1 saturated heterocycles. The quantitative estimate of drug-likeness (QED) is 0.779. The van der Waals surface area contributed by atoms with Crippen LogP contribution in [-0.2, 0) is 0 Å². The third-order valence-electron chi connectivity index (χ3n) is 3.75. The van der Waals surface area contributed by atoms with E-state index in [1.165, 1.54) is 25.9 Å². The second-order valence-corrected chi connectivity index (χ2v) is 6.87. The summed E-state index contributed by atoms with van der Waals surface area (Å²) in [6.07, 6.45) is 2.62. The van der Waals surface area contributed by atoms with Crippen molar-refractivity contribution < 1.29 is 0 Å². The molecule has 0 aromatic rings. The fourth-order valence-electron chi connectivity index (χ4n) is 2.63. The normalized spacial score (nSPS) is 29.4. The van der Waals surface area contributed by atoms with Gasteiger partial charge in [-0.05, 0) is 37.8 Å².